The Morgan fingerprint density at radius 3 is 2.56 bits per heavy atom. The van der Waals surface area contributed by atoms with Crippen LogP contribution in [0.1, 0.15) is 23.2 Å². The van der Waals surface area contributed by atoms with Crippen molar-refractivity contribution >= 4 is 34.2 Å². The molecule has 1 aliphatic carbocycles. The Kier molecular flexibility index (Phi) is 3.73. The minimum atomic E-state index is -0.675. The highest BCUT2D eigenvalue weighted by Crippen LogP contribution is 2.30. The molecule has 126 valence electrons. The molecule has 0 saturated heterocycles. The summed E-state index contributed by atoms with van der Waals surface area (Å²) in [5.41, 5.74) is 6.80. The molecule has 1 saturated carbocycles. The molecule has 2 N–H and O–H groups in total. The van der Waals surface area contributed by atoms with Gasteiger partial charge in [0.15, 0.2) is 0 Å². The molecule has 1 aromatic heterocycles. The number of carbonyl (C=O) groups is 1. The molecule has 4 rings (SSSR count). The van der Waals surface area contributed by atoms with Gasteiger partial charge in [0.2, 0.25) is 0 Å². The number of pyridine rings is 1. The molecule has 0 atom stereocenters. The quantitative estimate of drug-likeness (QED) is 0.730. The zero-order valence-electron chi connectivity index (χ0n) is 13.2. The van der Waals surface area contributed by atoms with E-state index in [0.29, 0.717) is 21.6 Å². The van der Waals surface area contributed by atoms with E-state index < -0.39 is 11.5 Å². The summed E-state index contributed by atoms with van der Waals surface area (Å²) in [4.78, 5) is 25.6. The topological polar surface area (TPSA) is 74.3 Å². The van der Waals surface area contributed by atoms with Crippen LogP contribution >= 0.6 is 11.6 Å². The highest BCUT2D eigenvalue weighted by molar-refractivity contribution is 6.31. The monoisotopic (exact) mass is 354 g/mol. The number of halogens is 1. The number of hydrogen-bond acceptors (Lipinski definition) is 4. The summed E-state index contributed by atoms with van der Waals surface area (Å²) in [5.74, 6) is -0.675. The Morgan fingerprint density at radius 2 is 1.88 bits per heavy atom. The summed E-state index contributed by atoms with van der Waals surface area (Å²) in [7, 11) is 0. The number of nitrogen functional groups attached to an aromatic ring is 1. The Morgan fingerprint density at radius 1 is 1.16 bits per heavy atom. The number of anilines is 1. The van der Waals surface area contributed by atoms with Gasteiger partial charge in [-0.25, -0.2) is 4.79 Å². The number of hydrogen-bond donors (Lipinski definition) is 1. The fraction of sp³-hybridized carbons (Fsp3) is 0.158. The molecule has 3 aromatic rings. The summed E-state index contributed by atoms with van der Waals surface area (Å²) < 4.78 is 6.76. The average molecular weight is 355 g/mol. The first-order valence-electron chi connectivity index (χ1n) is 7.96. The van der Waals surface area contributed by atoms with Crippen LogP contribution in [0.15, 0.2) is 53.3 Å². The number of ether oxygens (including phenoxy) is 1. The molecule has 1 fully saturated rings. The molecule has 2 aromatic carbocycles. The number of nitrogens with two attached hydrogens (primary N) is 1. The zero-order chi connectivity index (χ0) is 17.6. The first-order valence-corrected chi connectivity index (χ1v) is 8.34. The van der Waals surface area contributed by atoms with E-state index in [4.69, 9.17) is 22.1 Å². The van der Waals surface area contributed by atoms with Gasteiger partial charge in [-0.05, 0) is 43.2 Å². The van der Waals surface area contributed by atoms with Gasteiger partial charge in [0.25, 0.3) is 5.56 Å². The predicted octanol–water partition coefficient (Wildman–Crippen LogP) is 3.55. The molecule has 1 heterocycles. The van der Waals surface area contributed by atoms with E-state index in [1.807, 2.05) is 18.2 Å². The van der Waals surface area contributed by atoms with E-state index in [2.05, 4.69) is 0 Å². The van der Waals surface area contributed by atoms with Crippen molar-refractivity contribution in [1.82, 2.24) is 4.57 Å². The van der Waals surface area contributed by atoms with Crippen LogP contribution in [0.3, 0.4) is 0 Å². The molecule has 1 aliphatic rings. The van der Waals surface area contributed by atoms with Gasteiger partial charge in [0.05, 0.1) is 11.2 Å². The maximum atomic E-state index is 13.1. The molecular weight excluding hydrogens is 340 g/mol. The van der Waals surface area contributed by atoms with Crippen LogP contribution < -0.4 is 11.3 Å². The number of aromatic nitrogens is 1. The fourth-order valence-electron chi connectivity index (χ4n) is 2.82. The maximum absolute atomic E-state index is 13.1. The van der Waals surface area contributed by atoms with Crippen molar-refractivity contribution < 1.29 is 9.53 Å². The number of fused-ring (bicyclic) bond motifs is 1. The highest BCUT2D eigenvalue weighted by Gasteiger charge is 2.30. The van der Waals surface area contributed by atoms with E-state index in [-0.39, 0.29) is 17.4 Å². The van der Waals surface area contributed by atoms with E-state index >= 15 is 0 Å². The lowest BCUT2D eigenvalue weighted by atomic mass is 10.1. The number of carbonyl (C=O) groups excluding carboxylic acids is 1. The average Bonchev–Trinajstić information content (AvgIpc) is 3.39. The van der Waals surface area contributed by atoms with Crippen molar-refractivity contribution in [3.05, 3.63) is 69.5 Å². The van der Waals surface area contributed by atoms with Gasteiger partial charge < -0.3 is 10.5 Å². The van der Waals surface area contributed by atoms with Gasteiger partial charge in [-0.3, -0.25) is 9.36 Å². The van der Waals surface area contributed by atoms with Crippen molar-refractivity contribution in [2.45, 2.75) is 18.9 Å². The van der Waals surface area contributed by atoms with E-state index in [1.165, 1.54) is 4.57 Å². The Balaban J connectivity index is 2.05. The number of esters is 1. The normalized spacial score (nSPS) is 13.8. The van der Waals surface area contributed by atoms with Crippen LogP contribution in [0.25, 0.3) is 16.6 Å². The first-order chi connectivity index (χ1) is 12.1. The van der Waals surface area contributed by atoms with Crippen molar-refractivity contribution in [3.63, 3.8) is 0 Å². The minimum absolute atomic E-state index is 0.114. The molecule has 5 nitrogen and oxygen atoms in total. The van der Waals surface area contributed by atoms with Crippen molar-refractivity contribution in [2.24, 2.45) is 0 Å². The van der Waals surface area contributed by atoms with Gasteiger partial charge in [-0.1, -0.05) is 29.8 Å². The van der Waals surface area contributed by atoms with Crippen molar-refractivity contribution in [2.75, 3.05) is 5.73 Å². The van der Waals surface area contributed by atoms with Crippen LogP contribution in [0.5, 0.6) is 0 Å². The SMILES string of the molecule is Nc1c(C(=O)OC2CC2)c(=O)n(-c2ccccc2)c2cc(Cl)ccc12. The van der Waals surface area contributed by atoms with Crippen LogP contribution in [-0.4, -0.2) is 16.6 Å². The van der Waals surface area contributed by atoms with Gasteiger partial charge in [-0.15, -0.1) is 0 Å². The highest BCUT2D eigenvalue weighted by atomic mass is 35.5. The fourth-order valence-corrected chi connectivity index (χ4v) is 2.98. The largest absolute Gasteiger partial charge is 0.459 e. The standard InChI is InChI=1S/C19H15ClN2O3/c20-11-6-9-14-15(10-11)22(12-4-2-1-3-5-12)18(23)16(17(14)21)19(24)25-13-7-8-13/h1-6,9-10,13H,7-8,21H2. The van der Waals surface area contributed by atoms with Crippen molar-refractivity contribution in [3.8, 4) is 5.69 Å². The maximum Gasteiger partial charge on any atom is 0.346 e. The van der Waals surface area contributed by atoms with Gasteiger partial charge >= 0.3 is 5.97 Å². The number of rotatable bonds is 3. The number of para-hydroxylation sites is 1. The van der Waals surface area contributed by atoms with Gasteiger partial charge in [-0.2, -0.15) is 0 Å². The smallest absolute Gasteiger partial charge is 0.346 e. The molecule has 0 aliphatic heterocycles. The zero-order valence-corrected chi connectivity index (χ0v) is 14.0. The third kappa shape index (κ3) is 2.76. The second-order valence-corrected chi connectivity index (χ2v) is 6.47. The molecular formula is C19H15ClN2O3. The molecule has 0 spiro atoms. The van der Waals surface area contributed by atoms with Crippen LogP contribution in [-0.2, 0) is 4.74 Å². The summed E-state index contributed by atoms with van der Waals surface area (Å²) in [6, 6.07) is 14.1. The third-order valence-electron chi connectivity index (χ3n) is 4.19. The molecule has 0 amide bonds. The molecule has 25 heavy (non-hydrogen) atoms. The van der Waals surface area contributed by atoms with E-state index in [1.54, 1.807) is 30.3 Å². The Hall–Kier alpha value is -2.79. The second kappa shape index (κ2) is 5.93. The molecule has 0 bridgehead atoms. The molecule has 0 radical (unpaired) electrons. The lowest BCUT2D eigenvalue weighted by Gasteiger charge is -2.15. The second-order valence-electron chi connectivity index (χ2n) is 6.03. The lowest BCUT2D eigenvalue weighted by molar-refractivity contribution is 0.0471. The lowest BCUT2D eigenvalue weighted by Crippen LogP contribution is -2.29. The molecule has 0 unspecified atom stereocenters. The minimum Gasteiger partial charge on any atom is -0.459 e. The third-order valence-corrected chi connectivity index (χ3v) is 4.43. The number of benzene rings is 2. The van der Waals surface area contributed by atoms with Gasteiger partial charge in [0, 0.05) is 16.1 Å². The Labute approximate surface area is 148 Å². The Bertz CT molecular complexity index is 1040. The summed E-state index contributed by atoms with van der Waals surface area (Å²) >= 11 is 6.11. The van der Waals surface area contributed by atoms with Crippen molar-refractivity contribution in [1.29, 1.82) is 0 Å². The summed E-state index contributed by atoms with van der Waals surface area (Å²) in [5, 5.41) is 1.06. The predicted molar refractivity (Wildman–Crippen MR) is 97.4 cm³/mol. The van der Waals surface area contributed by atoms with Crippen LogP contribution in [0, 0.1) is 0 Å². The summed E-state index contributed by atoms with van der Waals surface area (Å²) in [6.45, 7) is 0. The molecule has 6 heteroatoms. The van der Waals surface area contributed by atoms with E-state index in [9.17, 15) is 9.59 Å². The van der Waals surface area contributed by atoms with Crippen LogP contribution in [0.4, 0.5) is 5.69 Å². The first kappa shape index (κ1) is 15.7. The van der Waals surface area contributed by atoms with Crippen LogP contribution in [0.2, 0.25) is 5.02 Å². The van der Waals surface area contributed by atoms with Gasteiger partial charge in [0.1, 0.15) is 11.7 Å². The number of nitrogens with zero attached hydrogens (tertiary/aromatic N) is 1. The van der Waals surface area contributed by atoms with E-state index in [0.717, 1.165) is 12.8 Å². The summed E-state index contributed by atoms with van der Waals surface area (Å²) in [6.07, 6.45) is 1.53.